The van der Waals surface area contributed by atoms with Gasteiger partial charge in [-0.15, -0.1) is 0 Å². The molecule has 0 saturated carbocycles. The average molecular weight is 353 g/mol. The maximum absolute atomic E-state index is 10.7. The van der Waals surface area contributed by atoms with Crippen molar-refractivity contribution in [2.45, 2.75) is 12.8 Å². The topological polar surface area (TPSA) is 132 Å². The number of phenols is 1. The summed E-state index contributed by atoms with van der Waals surface area (Å²) in [5, 5.41) is 9.47. The van der Waals surface area contributed by atoms with Crippen LogP contribution in [0.15, 0.2) is 24.3 Å². The molecule has 126 valence electrons. The fourth-order valence-electron chi connectivity index (χ4n) is 1.94. The summed E-state index contributed by atoms with van der Waals surface area (Å²) in [7, 11) is -8.13. The molecule has 0 aliphatic heterocycles. The molecule has 1 aromatic rings. The van der Waals surface area contributed by atoms with Crippen molar-refractivity contribution >= 4 is 25.9 Å². The molecule has 0 fully saturated rings. The third kappa shape index (κ3) is 8.17. The van der Waals surface area contributed by atoms with Crippen molar-refractivity contribution in [1.29, 1.82) is 0 Å². The Labute approximate surface area is 129 Å². The van der Waals surface area contributed by atoms with Crippen LogP contribution in [-0.4, -0.2) is 55.6 Å². The van der Waals surface area contributed by atoms with Crippen molar-refractivity contribution in [3.8, 4) is 5.75 Å². The van der Waals surface area contributed by atoms with Crippen LogP contribution >= 0.6 is 0 Å². The van der Waals surface area contributed by atoms with Crippen LogP contribution in [0.3, 0.4) is 0 Å². The fraction of sp³-hybridized carbons (Fsp3) is 0.500. The summed E-state index contributed by atoms with van der Waals surface area (Å²) < 4.78 is 60.4. The minimum absolute atomic E-state index is 0.0204. The van der Waals surface area contributed by atoms with Crippen molar-refractivity contribution in [3.05, 3.63) is 24.3 Å². The van der Waals surface area contributed by atoms with Crippen molar-refractivity contribution in [3.63, 3.8) is 0 Å². The molecule has 0 unspecified atom stereocenters. The van der Waals surface area contributed by atoms with Crippen LogP contribution in [0.25, 0.3) is 0 Å². The molecule has 0 saturated heterocycles. The van der Waals surface area contributed by atoms with E-state index in [1.54, 1.807) is 17.0 Å². The number of phenolic OH excluding ortho intramolecular Hbond substituents is 1. The Bertz CT molecular complexity index is 647. The molecule has 0 bridgehead atoms. The minimum Gasteiger partial charge on any atom is -0.508 e. The SMILES string of the molecule is O=S(=O)(O)CCCN(CCCS(=O)(=O)O)c1cccc(O)c1. The van der Waals surface area contributed by atoms with Gasteiger partial charge in [0.2, 0.25) is 0 Å². The number of anilines is 1. The quantitative estimate of drug-likeness (QED) is 0.554. The van der Waals surface area contributed by atoms with E-state index in [-0.39, 0.29) is 31.7 Å². The molecule has 22 heavy (non-hydrogen) atoms. The van der Waals surface area contributed by atoms with Gasteiger partial charge < -0.3 is 10.0 Å². The number of aromatic hydroxyl groups is 1. The lowest BCUT2D eigenvalue weighted by molar-refractivity contribution is 0.474. The highest BCUT2D eigenvalue weighted by molar-refractivity contribution is 7.86. The maximum Gasteiger partial charge on any atom is 0.264 e. The zero-order valence-corrected chi connectivity index (χ0v) is 13.4. The molecule has 0 heterocycles. The standard InChI is InChI=1S/C12H19NO7S2/c14-12-5-1-4-11(10-12)13(6-2-8-21(15,16)17)7-3-9-22(18,19)20/h1,4-5,10,14H,2-3,6-9H2,(H,15,16,17)(H,18,19,20). The molecule has 0 radical (unpaired) electrons. The first-order valence-electron chi connectivity index (χ1n) is 6.51. The smallest absolute Gasteiger partial charge is 0.264 e. The van der Waals surface area contributed by atoms with E-state index in [0.29, 0.717) is 5.69 Å². The predicted octanol–water partition coefficient (Wildman–Crippen LogP) is 0.754. The van der Waals surface area contributed by atoms with Gasteiger partial charge in [0.15, 0.2) is 0 Å². The van der Waals surface area contributed by atoms with Crippen LogP contribution in [0.4, 0.5) is 5.69 Å². The summed E-state index contributed by atoms with van der Waals surface area (Å²) in [5.74, 6) is -0.812. The van der Waals surface area contributed by atoms with Gasteiger partial charge in [-0.3, -0.25) is 9.11 Å². The molecule has 0 aliphatic carbocycles. The fourth-order valence-corrected chi connectivity index (χ4v) is 2.92. The Hall–Kier alpha value is -1.36. The Morgan fingerprint density at radius 2 is 1.41 bits per heavy atom. The third-order valence-electron chi connectivity index (χ3n) is 2.86. The first kappa shape index (κ1) is 18.7. The summed E-state index contributed by atoms with van der Waals surface area (Å²) in [6, 6.07) is 6.21. The highest BCUT2D eigenvalue weighted by Crippen LogP contribution is 2.20. The molecule has 0 spiro atoms. The Kier molecular flexibility index (Phi) is 6.60. The first-order chi connectivity index (χ1) is 10.1. The second kappa shape index (κ2) is 7.77. The molecular formula is C12H19NO7S2. The van der Waals surface area contributed by atoms with Gasteiger partial charge in [0, 0.05) is 24.8 Å². The minimum atomic E-state index is -4.07. The van der Waals surface area contributed by atoms with Crippen molar-refractivity contribution in [1.82, 2.24) is 0 Å². The van der Waals surface area contributed by atoms with Gasteiger partial charge in [-0.25, -0.2) is 0 Å². The number of hydrogen-bond donors (Lipinski definition) is 3. The van der Waals surface area contributed by atoms with E-state index < -0.39 is 31.7 Å². The summed E-state index contributed by atoms with van der Waals surface area (Å²) >= 11 is 0. The average Bonchev–Trinajstić information content (AvgIpc) is 2.34. The molecule has 0 aromatic heterocycles. The van der Waals surface area contributed by atoms with E-state index >= 15 is 0 Å². The van der Waals surface area contributed by atoms with E-state index in [9.17, 15) is 21.9 Å². The molecule has 0 aliphatic rings. The van der Waals surface area contributed by atoms with E-state index in [1.165, 1.54) is 12.1 Å². The number of benzene rings is 1. The van der Waals surface area contributed by atoms with Crippen LogP contribution in [0.1, 0.15) is 12.8 Å². The predicted molar refractivity (Wildman–Crippen MR) is 82.4 cm³/mol. The second-order valence-electron chi connectivity index (χ2n) is 4.79. The number of hydrogen-bond acceptors (Lipinski definition) is 6. The van der Waals surface area contributed by atoms with Crippen molar-refractivity contribution in [2.24, 2.45) is 0 Å². The first-order valence-corrected chi connectivity index (χ1v) is 9.73. The maximum atomic E-state index is 10.7. The Morgan fingerprint density at radius 1 is 0.909 bits per heavy atom. The summed E-state index contributed by atoms with van der Waals surface area (Å²) in [6.07, 6.45) is 0.279. The van der Waals surface area contributed by atoms with Gasteiger partial charge in [-0.05, 0) is 25.0 Å². The van der Waals surface area contributed by atoms with Crippen LogP contribution < -0.4 is 4.90 Å². The third-order valence-corrected chi connectivity index (χ3v) is 4.46. The van der Waals surface area contributed by atoms with Gasteiger partial charge in [0.05, 0.1) is 11.5 Å². The normalized spacial score (nSPS) is 12.3. The van der Waals surface area contributed by atoms with Crippen LogP contribution in [0, 0.1) is 0 Å². The number of rotatable bonds is 9. The van der Waals surface area contributed by atoms with Crippen molar-refractivity contribution in [2.75, 3.05) is 29.5 Å². The molecular weight excluding hydrogens is 334 g/mol. The monoisotopic (exact) mass is 353 g/mol. The molecule has 1 rings (SSSR count). The zero-order valence-electron chi connectivity index (χ0n) is 11.8. The Morgan fingerprint density at radius 3 is 1.82 bits per heavy atom. The van der Waals surface area contributed by atoms with E-state index in [1.807, 2.05) is 0 Å². The van der Waals surface area contributed by atoms with Gasteiger partial charge >= 0.3 is 0 Å². The highest BCUT2D eigenvalue weighted by Gasteiger charge is 2.12. The summed E-state index contributed by atoms with van der Waals surface area (Å²) in [4.78, 5) is 1.68. The van der Waals surface area contributed by atoms with Crippen molar-refractivity contribution < 1.29 is 31.0 Å². The lowest BCUT2D eigenvalue weighted by atomic mass is 10.2. The van der Waals surface area contributed by atoms with Gasteiger partial charge in [0.1, 0.15) is 5.75 Å². The van der Waals surface area contributed by atoms with Gasteiger partial charge in [-0.2, -0.15) is 16.8 Å². The number of nitrogens with zero attached hydrogens (tertiary/aromatic N) is 1. The highest BCUT2D eigenvalue weighted by atomic mass is 32.2. The molecule has 3 N–H and O–H groups in total. The lowest BCUT2D eigenvalue weighted by Gasteiger charge is -2.24. The largest absolute Gasteiger partial charge is 0.508 e. The van der Waals surface area contributed by atoms with Crippen LogP contribution in [0.2, 0.25) is 0 Å². The zero-order chi connectivity index (χ0) is 16.8. The Balaban J connectivity index is 2.72. The van der Waals surface area contributed by atoms with E-state index in [2.05, 4.69) is 0 Å². The van der Waals surface area contributed by atoms with Gasteiger partial charge in [0.25, 0.3) is 20.2 Å². The van der Waals surface area contributed by atoms with E-state index in [0.717, 1.165) is 0 Å². The second-order valence-corrected chi connectivity index (χ2v) is 7.93. The molecule has 10 heteroatoms. The van der Waals surface area contributed by atoms with E-state index in [4.69, 9.17) is 9.11 Å². The summed E-state index contributed by atoms with van der Waals surface area (Å²) in [5.41, 5.74) is 0.589. The van der Waals surface area contributed by atoms with Gasteiger partial charge in [-0.1, -0.05) is 6.07 Å². The lowest BCUT2D eigenvalue weighted by Crippen LogP contribution is -2.28. The molecule has 8 nitrogen and oxygen atoms in total. The molecule has 1 aromatic carbocycles. The molecule has 0 atom stereocenters. The molecule has 0 amide bonds. The van der Waals surface area contributed by atoms with Crippen LogP contribution in [-0.2, 0) is 20.2 Å². The summed E-state index contributed by atoms with van der Waals surface area (Å²) in [6.45, 7) is 0.490. The van der Waals surface area contributed by atoms with Crippen LogP contribution in [0.5, 0.6) is 5.75 Å².